The molecule has 5 heterocycles. The first-order valence-corrected chi connectivity index (χ1v) is 26.7. The van der Waals surface area contributed by atoms with E-state index in [2.05, 4.69) is 203 Å². The van der Waals surface area contributed by atoms with E-state index in [0.717, 1.165) is 34.6 Å². The molecule has 0 N–H and O–H groups in total. The largest absolute Gasteiger partial charge is 0.505 e. The Kier molecular flexibility index (Phi) is 16.8. The van der Waals surface area contributed by atoms with Crippen molar-refractivity contribution in [2.45, 2.75) is 133 Å². The van der Waals surface area contributed by atoms with Crippen molar-refractivity contribution in [1.29, 1.82) is 0 Å². The van der Waals surface area contributed by atoms with Gasteiger partial charge in [0.05, 0.1) is 44.2 Å². The van der Waals surface area contributed by atoms with Crippen LogP contribution in [0.1, 0.15) is 97.2 Å². The number of rotatable bonds is 10. The lowest BCUT2D eigenvalue weighted by atomic mass is 9.87. The van der Waals surface area contributed by atoms with Gasteiger partial charge in [0.25, 0.3) is 0 Å². The van der Waals surface area contributed by atoms with Crippen molar-refractivity contribution >= 4 is 70.7 Å². The summed E-state index contributed by atoms with van der Waals surface area (Å²) >= 11 is 7.16. The number of hydrogen-bond donors (Lipinski definition) is 0. The van der Waals surface area contributed by atoms with Gasteiger partial charge in [-0.05, 0) is 209 Å². The highest BCUT2D eigenvalue weighted by Gasteiger charge is 2.52. The predicted octanol–water partition coefficient (Wildman–Crippen LogP) is 16.0. The number of methoxy groups -OCH3 is 2. The highest BCUT2D eigenvalue weighted by atomic mass is 79.9. The molecule has 4 aromatic carbocycles. The van der Waals surface area contributed by atoms with Crippen LogP contribution in [0.3, 0.4) is 0 Å². The molecule has 0 bridgehead atoms. The van der Waals surface area contributed by atoms with Crippen LogP contribution in [0.25, 0.3) is 53.1 Å². The molecule has 9 rings (SSSR count). The molecular weight excluding hydrogens is 968 g/mol. The number of ether oxygens (including phenoxy) is 2. The number of pyridine rings is 2. The molecule has 0 radical (unpaired) electrons. The summed E-state index contributed by atoms with van der Waals surface area (Å²) in [5, 5.41) is 2.44. The fraction of sp³-hybridized carbons (Fsp3) is 0.367. The van der Waals surface area contributed by atoms with Crippen LogP contribution in [0, 0.1) is 55.4 Å². The fourth-order valence-electron chi connectivity index (χ4n) is 9.23. The summed E-state index contributed by atoms with van der Waals surface area (Å²) in [6, 6.07) is 30.9. The minimum Gasteiger partial charge on any atom is -0.399 e. The van der Waals surface area contributed by atoms with E-state index >= 15 is 0 Å². The zero-order valence-electron chi connectivity index (χ0n) is 44.1. The van der Waals surface area contributed by atoms with Gasteiger partial charge in [0.15, 0.2) is 0 Å². The van der Waals surface area contributed by atoms with Crippen molar-refractivity contribution < 1.29 is 18.8 Å². The maximum absolute atomic E-state index is 6.23. The quantitative estimate of drug-likeness (QED) is 0.127. The first-order valence-electron chi connectivity index (χ1n) is 24.3. The van der Waals surface area contributed by atoms with Crippen molar-refractivity contribution in [1.82, 2.24) is 9.97 Å². The molecule has 10 heteroatoms. The number of halogens is 1. The van der Waals surface area contributed by atoms with Crippen LogP contribution in [0.5, 0.6) is 0 Å². The van der Waals surface area contributed by atoms with Crippen LogP contribution in [0.2, 0.25) is 0 Å². The summed E-state index contributed by atoms with van der Waals surface area (Å²) in [6.45, 7) is 29.8. The van der Waals surface area contributed by atoms with Gasteiger partial charge in [-0.3, -0.25) is 9.97 Å². The van der Waals surface area contributed by atoms with Gasteiger partial charge < -0.3 is 18.8 Å². The van der Waals surface area contributed by atoms with E-state index in [-0.39, 0.29) is 30.5 Å². The minimum atomic E-state index is -0.331. The van der Waals surface area contributed by atoms with E-state index in [0.29, 0.717) is 0 Å². The summed E-state index contributed by atoms with van der Waals surface area (Å²) in [5.41, 5.74) is 18.1. The Hall–Kier alpha value is -4.52. The topological polar surface area (TPSA) is 62.7 Å². The second kappa shape index (κ2) is 22.1. The van der Waals surface area contributed by atoms with Crippen molar-refractivity contribution in [3.8, 4) is 33.0 Å². The summed E-state index contributed by atoms with van der Waals surface area (Å²) < 4.78 is 28.0. The third-order valence-corrected chi connectivity index (χ3v) is 16.7. The zero-order chi connectivity index (χ0) is 50.8. The molecule has 366 valence electrons. The Bertz CT molecular complexity index is 3080. The second-order valence-electron chi connectivity index (χ2n) is 20.4. The molecule has 1 saturated heterocycles. The molecule has 0 saturated carbocycles. The average molecular weight is 1040 g/mol. The van der Waals surface area contributed by atoms with Crippen LogP contribution in [-0.2, 0) is 31.6 Å². The number of thiophene rings is 2. The number of nitrogens with zero attached hydrogens (tertiary/aromatic N) is 2. The first-order chi connectivity index (χ1) is 33.1. The van der Waals surface area contributed by atoms with E-state index < -0.39 is 0 Å². The van der Waals surface area contributed by atoms with Crippen molar-refractivity contribution in [3.63, 3.8) is 0 Å². The molecule has 0 amide bonds. The molecule has 6 nitrogen and oxygen atoms in total. The summed E-state index contributed by atoms with van der Waals surface area (Å²) in [4.78, 5) is 10.8. The molecule has 2 unspecified atom stereocenters. The van der Waals surface area contributed by atoms with Crippen LogP contribution in [0.4, 0.5) is 0 Å². The van der Waals surface area contributed by atoms with E-state index in [1.165, 1.54) is 96.3 Å². The van der Waals surface area contributed by atoms with Crippen molar-refractivity contribution in [2.24, 2.45) is 0 Å². The van der Waals surface area contributed by atoms with Gasteiger partial charge in [0.2, 0.25) is 0 Å². The van der Waals surface area contributed by atoms with Gasteiger partial charge in [0, 0.05) is 51.9 Å². The van der Waals surface area contributed by atoms with E-state index in [1.54, 1.807) is 25.6 Å². The Morgan fingerprint density at radius 3 is 1.47 bits per heavy atom. The summed E-state index contributed by atoms with van der Waals surface area (Å²) in [7, 11) is 3.21. The molecule has 0 spiro atoms. The molecule has 2 atom stereocenters. The molecule has 1 aliphatic rings. The second-order valence-corrected chi connectivity index (χ2v) is 23.4. The van der Waals surface area contributed by atoms with Gasteiger partial charge in [-0.1, -0.05) is 74.1 Å². The number of hydrogen-bond acceptors (Lipinski definition) is 8. The monoisotopic (exact) mass is 1040 g/mol. The lowest BCUT2D eigenvalue weighted by molar-refractivity contribution is 0.00578. The zero-order valence-corrected chi connectivity index (χ0v) is 47.3. The highest BCUT2D eigenvalue weighted by Crippen LogP contribution is 2.42. The molecule has 1 aliphatic heterocycles. The Morgan fingerprint density at radius 2 is 0.986 bits per heavy atom. The smallest absolute Gasteiger partial charge is 0.399 e. The third-order valence-electron chi connectivity index (χ3n) is 13.6. The van der Waals surface area contributed by atoms with Crippen LogP contribution in [0.15, 0.2) is 102 Å². The normalized spacial score (nSPS) is 14.8. The highest BCUT2D eigenvalue weighted by molar-refractivity contribution is 9.10. The summed E-state index contributed by atoms with van der Waals surface area (Å²) in [6.07, 6.45) is 6.15. The number of fused-ring (bicyclic) bond motifs is 2. The van der Waals surface area contributed by atoms with Gasteiger partial charge in [-0.15, -0.1) is 22.7 Å². The van der Waals surface area contributed by atoms with E-state index in [9.17, 15) is 0 Å². The number of aryl methyl sites for hydroxylation is 8. The van der Waals surface area contributed by atoms with Crippen LogP contribution in [-0.4, -0.2) is 54.7 Å². The Balaban J connectivity index is 0.000000165. The third kappa shape index (κ3) is 12.2. The van der Waals surface area contributed by atoms with Gasteiger partial charge in [0.1, 0.15) is 0 Å². The van der Waals surface area contributed by atoms with E-state index in [1.807, 2.05) is 23.7 Å². The molecule has 70 heavy (non-hydrogen) atoms. The molecular formula is C60H70BBrN2O4S2. The SMILES string of the molecule is COC(C)Cc1c(C)cc(C)cc1-c1cc2ccnc(-c3cc(C)cc(C)c3)c2s1.COC(C)Cc1c(C)cc(C)cc1Br.Cc1cc(C)cc(-c2nccc3cc(B4OC(C)(C)C(C)(C)O4)sc23)c1. The van der Waals surface area contributed by atoms with Crippen LogP contribution < -0.4 is 4.78 Å². The maximum Gasteiger partial charge on any atom is 0.505 e. The number of benzene rings is 4. The Labute approximate surface area is 434 Å². The standard InChI is InChI=1S/C27H29NOS.C21H24BNO2S.C12H17BrO/c1-16-9-17(2)12-22(11-16)26-27-21(7-8-28-26)15-25(30-27)24-13-18(3)10-19(4)23(24)14-20(5)29-6;1-13-9-14(2)11-16(10-13)18-19-15(7-8-23-18)12-17(26-19)22-24-20(3,4)21(5,6)25-22;1-8-5-9(2)11(12(13)6-8)7-10(3)14-4/h7-13,15,20H,14H2,1-6H3;7-12H,1-6H3;5-6,10H,7H2,1-4H3. The Morgan fingerprint density at radius 1 is 0.557 bits per heavy atom. The van der Waals surface area contributed by atoms with Crippen molar-refractivity contribution in [2.75, 3.05) is 14.2 Å². The molecule has 1 fully saturated rings. The van der Waals surface area contributed by atoms with Gasteiger partial charge in [-0.2, -0.15) is 0 Å². The van der Waals surface area contributed by atoms with Crippen LogP contribution >= 0.6 is 38.6 Å². The minimum absolute atomic E-state index is 0.187. The van der Waals surface area contributed by atoms with Gasteiger partial charge in [-0.25, -0.2) is 0 Å². The maximum atomic E-state index is 6.23. The predicted molar refractivity (Wildman–Crippen MR) is 304 cm³/mol. The van der Waals surface area contributed by atoms with Gasteiger partial charge >= 0.3 is 7.12 Å². The average Bonchev–Trinajstić information content (AvgIpc) is 3.98. The lowest BCUT2D eigenvalue weighted by Gasteiger charge is -2.32. The number of aromatic nitrogens is 2. The lowest BCUT2D eigenvalue weighted by Crippen LogP contribution is -2.41. The molecule has 4 aromatic heterocycles. The first kappa shape index (κ1) is 53.3. The molecule has 0 aliphatic carbocycles. The summed E-state index contributed by atoms with van der Waals surface area (Å²) in [5.74, 6) is 0. The van der Waals surface area contributed by atoms with E-state index in [4.69, 9.17) is 23.8 Å². The fourth-order valence-corrected chi connectivity index (χ4v) is 12.4. The van der Waals surface area contributed by atoms with Crippen molar-refractivity contribution in [3.05, 3.63) is 157 Å². The molecule has 8 aromatic rings.